The van der Waals surface area contributed by atoms with Gasteiger partial charge in [-0.3, -0.25) is 0 Å². The van der Waals surface area contributed by atoms with Crippen molar-refractivity contribution in [2.24, 2.45) is 10.9 Å². The second-order valence-corrected chi connectivity index (χ2v) is 6.65. The molecule has 0 radical (unpaired) electrons. The normalized spacial score (nSPS) is 12.5. The van der Waals surface area contributed by atoms with E-state index in [2.05, 4.69) is 34.7 Å². The largest absolute Gasteiger partial charge is 0.504 e. The predicted molar refractivity (Wildman–Crippen MR) is 113 cm³/mol. The van der Waals surface area contributed by atoms with Crippen LogP contribution in [-0.2, 0) is 17.9 Å². The van der Waals surface area contributed by atoms with Crippen LogP contribution in [-0.4, -0.2) is 37.9 Å². The van der Waals surface area contributed by atoms with Crippen molar-refractivity contribution in [1.29, 1.82) is 0 Å². The van der Waals surface area contributed by atoms with Crippen molar-refractivity contribution in [2.45, 2.75) is 27.0 Å². The van der Waals surface area contributed by atoms with Gasteiger partial charge in [-0.05, 0) is 24.5 Å². The van der Waals surface area contributed by atoms with Crippen LogP contribution in [0.5, 0.6) is 11.5 Å². The number of methoxy groups -OCH3 is 1. The Balaban J connectivity index is 1.82. The molecule has 1 atom stereocenters. The summed E-state index contributed by atoms with van der Waals surface area (Å²) in [7, 11) is 1.54. The molecule has 0 saturated carbocycles. The Morgan fingerprint density at radius 2 is 1.89 bits per heavy atom. The number of ether oxygens (including phenoxy) is 2. The average Bonchev–Trinajstić information content (AvgIpc) is 2.71. The second-order valence-electron chi connectivity index (χ2n) is 6.65. The minimum atomic E-state index is 0.132. The van der Waals surface area contributed by atoms with Crippen LogP contribution < -0.4 is 15.4 Å². The van der Waals surface area contributed by atoms with Crippen LogP contribution in [0.2, 0.25) is 0 Å². The summed E-state index contributed by atoms with van der Waals surface area (Å²) >= 11 is 0. The second kappa shape index (κ2) is 11.9. The average molecular weight is 386 g/mol. The highest BCUT2D eigenvalue weighted by atomic mass is 16.5. The fourth-order valence-corrected chi connectivity index (χ4v) is 2.65. The van der Waals surface area contributed by atoms with E-state index in [1.54, 1.807) is 6.07 Å². The number of para-hydroxylation sites is 1. The van der Waals surface area contributed by atoms with E-state index in [9.17, 15) is 5.11 Å². The molecule has 0 saturated heterocycles. The molecule has 0 aliphatic heterocycles. The molecule has 0 fully saturated rings. The van der Waals surface area contributed by atoms with Crippen LogP contribution in [0.4, 0.5) is 0 Å². The van der Waals surface area contributed by atoms with E-state index in [1.165, 1.54) is 12.7 Å². The van der Waals surface area contributed by atoms with Crippen LogP contribution in [0.15, 0.2) is 53.5 Å². The van der Waals surface area contributed by atoms with Crippen molar-refractivity contribution < 1.29 is 14.6 Å². The number of nitrogens with one attached hydrogen (secondary N) is 2. The van der Waals surface area contributed by atoms with Crippen molar-refractivity contribution in [3.8, 4) is 11.5 Å². The molecule has 2 aromatic rings. The zero-order valence-electron chi connectivity index (χ0n) is 16.9. The molecule has 6 heteroatoms. The summed E-state index contributed by atoms with van der Waals surface area (Å²) in [4.78, 5) is 4.56. The Hall–Kier alpha value is -2.73. The number of guanidine groups is 1. The van der Waals surface area contributed by atoms with Gasteiger partial charge in [0.15, 0.2) is 17.5 Å². The Morgan fingerprint density at radius 3 is 2.61 bits per heavy atom. The minimum Gasteiger partial charge on any atom is -0.504 e. The molecule has 2 rings (SSSR count). The number of benzene rings is 2. The lowest BCUT2D eigenvalue weighted by molar-refractivity contribution is 0.0931. The number of aliphatic imine (C=N–C) groups is 1. The van der Waals surface area contributed by atoms with Gasteiger partial charge in [-0.2, -0.15) is 0 Å². The first-order valence-electron chi connectivity index (χ1n) is 9.62. The van der Waals surface area contributed by atoms with E-state index in [0.29, 0.717) is 37.4 Å². The number of aromatic hydroxyl groups is 1. The summed E-state index contributed by atoms with van der Waals surface area (Å²) in [5, 5.41) is 16.7. The zero-order chi connectivity index (χ0) is 20.2. The molecule has 0 aromatic heterocycles. The van der Waals surface area contributed by atoms with Crippen LogP contribution in [0.25, 0.3) is 0 Å². The molecular formula is C22H31N3O3. The lowest BCUT2D eigenvalue weighted by Gasteiger charge is -2.16. The zero-order valence-corrected chi connectivity index (χ0v) is 16.9. The van der Waals surface area contributed by atoms with Gasteiger partial charge in [0.2, 0.25) is 0 Å². The van der Waals surface area contributed by atoms with Gasteiger partial charge in [-0.1, -0.05) is 49.4 Å². The quantitative estimate of drug-likeness (QED) is 0.432. The third kappa shape index (κ3) is 7.12. The fraction of sp³-hybridized carbons (Fsp3) is 0.409. The van der Waals surface area contributed by atoms with Gasteiger partial charge in [0.05, 0.1) is 26.9 Å². The van der Waals surface area contributed by atoms with Gasteiger partial charge in [0.1, 0.15) is 0 Å². The van der Waals surface area contributed by atoms with E-state index in [1.807, 2.05) is 37.3 Å². The van der Waals surface area contributed by atoms with Crippen LogP contribution in [0.1, 0.15) is 25.0 Å². The molecule has 0 bridgehead atoms. The van der Waals surface area contributed by atoms with Gasteiger partial charge >= 0.3 is 0 Å². The Morgan fingerprint density at radius 1 is 1.11 bits per heavy atom. The first-order chi connectivity index (χ1) is 13.6. The van der Waals surface area contributed by atoms with Crippen molar-refractivity contribution >= 4 is 5.96 Å². The topological polar surface area (TPSA) is 75.1 Å². The van der Waals surface area contributed by atoms with Gasteiger partial charge in [0, 0.05) is 18.7 Å². The fourth-order valence-electron chi connectivity index (χ4n) is 2.65. The van der Waals surface area contributed by atoms with Crippen LogP contribution >= 0.6 is 0 Å². The molecule has 3 N–H and O–H groups in total. The summed E-state index contributed by atoms with van der Waals surface area (Å²) in [5.74, 6) is 1.62. The maximum Gasteiger partial charge on any atom is 0.191 e. The summed E-state index contributed by atoms with van der Waals surface area (Å²) in [5.41, 5.74) is 1.89. The maximum atomic E-state index is 10.2. The standard InChI is InChI=1S/C22H31N3O3/c1-4-23-22(25-14-19-11-8-12-20(27-3)21(19)26)24-13-17(2)15-28-16-18-9-6-5-7-10-18/h5-12,17,26H,4,13-16H2,1-3H3,(H2,23,24,25). The molecule has 1 unspecified atom stereocenters. The number of phenols is 1. The Bertz CT molecular complexity index is 735. The molecule has 0 aliphatic carbocycles. The van der Waals surface area contributed by atoms with Crippen molar-refractivity contribution in [3.63, 3.8) is 0 Å². The van der Waals surface area contributed by atoms with Gasteiger partial charge < -0.3 is 25.2 Å². The molecule has 28 heavy (non-hydrogen) atoms. The van der Waals surface area contributed by atoms with Crippen LogP contribution in [0.3, 0.4) is 0 Å². The smallest absolute Gasteiger partial charge is 0.191 e. The van der Waals surface area contributed by atoms with Gasteiger partial charge in [-0.25, -0.2) is 4.99 Å². The minimum absolute atomic E-state index is 0.132. The Kier molecular flexibility index (Phi) is 9.15. The molecular weight excluding hydrogens is 354 g/mol. The van der Waals surface area contributed by atoms with E-state index >= 15 is 0 Å². The van der Waals surface area contributed by atoms with Crippen molar-refractivity contribution in [1.82, 2.24) is 10.6 Å². The van der Waals surface area contributed by atoms with E-state index in [-0.39, 0.29) is 5.75 Å². The van der Waals surface area contributed by atoms with Gasteiger partial charge in [-0.15, -0.1) is 0 Å². The first kappa shape index (κ1) is 21.6. The molecule has 0 aliphatic rings. The third-order valence-corrected chi connectivity index (χ3v) is 4.19. The number of hydrogen-bond acceptors (Lipinski definition) is 4. The first-order valence-corrected chi connectivity index (χ1v) is 9.62. The van der Waals surface area contributed by atoms with Crippen molar-refractivity contribution in [2.75, 3.05) is 26.8 Å². The van der Waals surface area contributed by atoms with E-state index < -0.39 is 0 Å². The number of rotatable bonds is 10. The molecule has 152 valence electrons. The molecule has 0 heterocycles. The highest BCUT2D eigenvalue weighted by Crippen LogP contribution is 2.29. The van der Waals surface area contributed by atoms with Gasteiger partial charge in [0.25, 0.3) is 0 Å². The molecule has 0 amide bonds. The highest BCUT2D eigenvalue weighted by molar-refractivity contribution is 5.79. The highest BCUT2D eigenvalue weighted by Gasteiger charge is 2.08. The third-order valence-electron chi connectivity index (χ3n) is 4.19. The maximum absolute atomic E-state index is 10.2. The lowest BCUT2D eigenvalue weighted by Crippen LogP contribution is -2.40. The van der Waals surface area contributed by atoms with Crippen LogP contribution in [0, 0.1) is 5.92 Å². The summed E-state index contributed by atoms with van der Waals surface area (Å²) < 4.78 is 10.9. The SMILES string of the molecule is CCNC(=NCc1cccc(OC)c1O)NCC(C)COCc1ccccc1. The van der Waals surface area contributed by atoms with Crippen molar-refractivity contribution in [3.05, 3.63) is 59.7 Å². The number of hydrogen-bond donors (Lipinski definition) is 3. The summed E-state index contributed by atoms with van der Waals surface area (Å²) in [6.45, 7) is 7.30. The number of nitrogens with zero attached hydrogens (tertiary/aromatic N) is 1. The lowest BCUT2D eigenvalue weighted by atomic mass is 10.2. The monoisotopic (exact) mass is 385 g/mol. The Labute approximate surface area is 167 Å². The number of phenolic OH excluding ortho intramolecular Hbond substituents is 1. The molecule has 6 nitrogen and oxygen atoms in total. The van der Waals surface area contributed by atoms with E-state index in [0.717, 1.165) is 18.7 Å². The summed E-state index contributed by atoms with van der Waals surface area (Å²) in [6.07, 6.45) is 0. The van der Waals surface area contributed by atoms with E-state index in [4.69, 9.17) is 9.47 Å². The predicted octanol–water partition coefficient (Wildman–Crippen LogP) is 3.31. The molecule has 2 aromatic carbocycles. The summed E-state index contributed by atoms with van der Waals surface area (Å²) in [6, 6.07) is 15.6. The molecule has 0 spiro atoms.